The maximum Gasteiger partial charge on any atom is 0.0643 e. The fourth-order valence-electron chi connectivity index (χ4n) is 2.54. The molecule has 1 aromatic carbocycles. The van der Waals surface area contributed by atoms with E-state index in [0.29, 0.717) is 6.04 Å². The Morgan fingerprint density at radius 3 is 2.63 bits per heavy atom. The van der Waals surface area contributed by atoms with Crippen LogP contribution in [0.2, 0.25) is 0 Å². The zero-order chi connectivity index (χ0) is 13.8. The zero-order valence-corrected chi connectivity index (χ0v) is 12.3. The largest absolute Gasteiger partial charge is 0.310 e. The molecule has 0 saturated carbocycles. The van der Waals surface area contributed by atoms with E-state index < -0.39 is 0 Å². The van der Waals surface area contributed by atoms with Gasteiger partial charge in [0, 0.05) is 25.7 Å². The highest BCUT2D eigenvalue weighted by Crippen LogP contribution is 2.22. The second-order valence-electron chi connectivity index (χ2n) is 5.16. The van der Waals surface area contributed by atoms with Crippen LogP contribution in [0.3, 0.4) is 0 Å². The van der Waals surface area contributed by atoms with Crippen LogP contribution in [0.1, 0.15) is 35.3 Å². The van der Waals surface area contributed by atoms with Crippen LogP contribution in [0.5, 0.6) is 0 Å². The van der Waals surface area contributed by atoms with E-state index in [1.165, 1.54) is 16.7 Å². The van der Waals surface area contributed by atoms with Gasteiger partial charge in [-0.05, 0) is 37.6 Å². The van der Waals surface area contributed by atoms with Crippen molar-refractivity contribution < 1.29 is 0 Å². The average Bonchev–Trinajstić information content (AvgIpc) is 2.74. The summed E-state index contributed by atoms with van der Waals surface area (Å²) in [6.07, 6.45) is 2.93. The van der Waals surface area contributed by atoms with Crippen LogP contribution >= 0.6 is 0 Å². The molecular weight excluding hydrogens is 234 g/mol. The minimum atomic E-state index is 0.334. The molecule has 1 heterocycles. The van der Waals surface area contributed by atoms with Gasteiger partial charge >= 0.3 is 0 Å². The minimum Gasteiger partial charge on any atom is -0.310 e. The van der Waals surface area contributed by atoms with E-state index in [1.54, 1.807) is 0 Å². The molecule has 0 aliphatic heterocycles. The Kier molecular flexibility index (Phi) is 4.38. The molecule has 1 aromatic heterocycles. The molecule has 2 aromatic rings. The van der Waals surface area contributed by atoms with Crippen LogP contribution in [-0.2, 0) is 13.5 Å². The Labute approximate surface area is 115 Å². The summed E-state index contributed by atoms with van der Waals surface area (Å²) in [6.45, 7) is 7.43. The first-order chi connectivity index (χ1) is 9.10. The molecule has 0 radical (unpaired) electrons. The van der Waals surface area contributed by atoms with Gasteiger partial charge in [0.05, 0.1) is 5.69 Å². The number of nitrogens with one attached hydrogen (secondary N) is 1. The Morgan fingerprint density at radius 1 is 1.26 bits per heavy atom. The molecule has 3 nitrogen and oxygen atoms in total. The number of hydrogen-bond acceptors (Lipinski definition) is 2. The maximum atomic E-state index is 4.48. The molecule has 2 rings (SSSR count). The Hall–Kier alpha value is -1.61. The number of likely N-dealkylation sites (N-methyl/N-ethyl adjacent to an activating group) is 1. The number of hydrogen-bond donors (Lipinski definition) is 1. The second kappa shape index (κ2) is 6.02. The van der Waals surface area contributed by atoms with Gasteiger partial charge in [0.2, 0.25) is 0 Å². The third kappa shape index (κ3) is 3.44. The lowest BCUT2D eigenvalue weighted by Crippen LogP contribution is -2.24. The summed E-state index contributed by atoms with van der Waals surface area (Å²) in [6, 6.07) is 9.10. The van der Waals surface area contributed by atoms with Crippen LogP contribution in [0, 0.1) is 13.8 Å². The lowest BCUT2D eigenvalue weighted by atomic mass is 9.96. The number of rotatable bonds is 5. The topological polar surface area (TPSA) is 29.9 Å². The van der Waals surface area contributed by atoms with Gasteiger partial charge < -0.3 is 5.32 Å². The fourth-order valence-corrected chi connectivity index (χ4v) is 2.54. The standard InChI is InChI=1S/C16H23N3/c1-5-17-16(11-14-8-9-19(4)18-14)15-7-6-12(2)10-13(15)3/h6-10,16-17H,5,11H2,1-4H3. The van der Waals surface area contributed by atoms with Crippen molar-refractivity contribution in [1.82, 2.24) is 15.1 Å². The van der Waals surface area contributed by atoms with E-state index in [0.717, 1.165) is 18.7 Å². The van der Waals surface area contributed by atoms with Gasteiger partial charge in [-0.15, -0.1) is 0 Å². The lowest BCUT2D eigenvalue weighted by Gasteiger charge is -2.20. The van der Waals surface area contributed by atoms with Crippen molar-refractivity contribution in [3.05, 3.63) is 52.8 Å². The Balaban J connectivity index is 2.23. The highest BCUT2D eigenvalue weighted by Gasteiger charge is 2.14. The van der Waals surface area contributed by atoms with Gasteiger partial charge in [-0.2, -0.15) is 5.10 Å². The third-order valence-corrected chi connectivity index (χ3v) is 3.43. The Morgan fingerprint density at radius 2 is 2.05 bits per heavy atom. The highest BCUT2D eigenvalue weighted by atomic mass is 15.2. The van der Waals surface area contributed by atoms with Gasteiger partial charge in [-0.25, -0.2) is 0 Å². The average molecular weight is 257 g/mol. The van der Waals surface area contributed by atoms with Crippen LogP contribution < -0.4 is 5.32 Å². The number of aryl methyl sites for hydroxylation is 3. The monoisotopic (exact) mass is 257 g/mol. The summed E-state index contributed by atoms with van der Waals surface area (Å²) >= 11 is 0. The normalized spacial score (nSPS) is 12.6. The summed E-state index contributed by atoms with van der Waals surface area (Å²) in [5.41, 5.74) is 5.17. The molecular formula is C16H23N3. The van der Waals surface area contributed by atoms with E-state index in [1.807, 2.05) is 17.9 Å². The van der Waals surface area contributed by atoms with Crippen molar-refractivity contribution in [2.45, 2.75) is 33.2 Å². The predicted molar refractivity (Wildman–Crippen MR) is 79.2 cm³/mol. The number of benzene rings is 1. The fraction of sp³-hybridized carbons (Fsp3) is 0.438. The predicted octanol–water partition coefficient (Wildman–Crippen LogP) is 2.93. The van der Waals surface area contributed by atoms with Gasteiger partial charge in [-0.3, -0.25) is 4.68 Å². The van der Waals surface area contributed by atoms with Crippen molar-refractivity contribution in [3.63, 3.8) is 0 Å². The molecule has 0 aliphatic carbocycles. The van der Waals surface area contributed by atoms with Gasteiger partial charge in [0.1, 0.15) is 0 Å². The smallest absolute Gasteiger partial charge is 0.0643 e. The molecule has 0 spiro atoms. The molecule has 0 bridgehead atoms. The lowest BCUT2D eigenvalue weighted by molar-refractivity contribution is 0.537. The van der Waals surface area contributed by atoms with Crippen molar-refractivity contribution in [2.24, 2.45) is 7.05 Å². The van der Waals surface area contributed by atoms with Crippen molar-refractivity contribution in [1.29, 1.82) is 0 Å². The molecule has 1 N–H and O–H groups in total. The summed E-state index contributed by atoms with van der Waals surface area (Å²) in [5.74, 6) is 0. The first-order valence-corrected chi connectivity index (χ1v) is 6.89. The quantitative estimate of drug-likeness (QED) is 0.892. The molecule has 102 valence electrons. The minimum absolute atomic E-state index is 0.334. The van der Waals surface area contributed by atoms with Crippen molar-refractivity contribution in [2.75, 3.05) is 6.54 Å². The van der Waals surface area contributed by atoms with Crippen LogP contribution in [0.25, 0.3) is 0 Å². The van der Waals surface area contributed by atoms with Gasteiger partial charge in [0.15, 0.2) is 0 Å². The van der Waals surface area contributed by atoms with Crippen molar-refractivity contribution in [3.8, 4) is 0 Å². The molecule has 3 heteroatoms. The van der Waals surface area contributed by atoms with Crippen LogP contribution in [-0.4, -0.2) is 16.3 Å². The SMILES string of the molecule is CCNC(Cc1ccn(C)n1)c1ccc(C)cc1C. The molecule has 1 unspecified atom stereocenters. The van der Waals surface area contributed by atoms with Crippen molar-refractivity contribution >= 4 is 0 Å². The molecule has 0 amide bonds. The molecule has 0 fully saturated rings. The molecule has 0 saturated heterocycles. The molecule has 19 heavy (non-hydrogen) atoms. The summed E-state index contributed by atoms with van der Waals surface area (Å²) < 4.78 is 1.86. The van der Waals surface area contributed by atoms with Gasteiger partial charge in [-0.1, -0.05) is 30.7 Å². The summed E-state index contributed by atoms with van der Waals surface area (Å²) in [5, 5.41) is 8.05. The van der Waals surface area contributed by atoms with E-state index in [-0.39, 0.29) is 0 Å². The number of aromatic nitrogens is 2. The molecule has 1 atom stereocenters. The van der Waals surface area contributed by atoms with E-state index in [9.17, 15) is 0 Å². The Bertz CT molecular complexity index is 543. The first-order valence-electron chi connectivity index (χ1n) is 6.89. The second-order valence-corrected chi connectivity index (χ2v) is 5.16. The zero-order valence-electron chi connectivity index (χ0n) is 12.3. The van der Waals surface area contributed by atoms with E-state index in [2.05, 4.69) is 55.5 Å². The van der Waals surface area contributed by atoms with E-state index in [4.69, 9.17) is 0 Å². The summed E-state index contributed by atoms with van der Waals surface area (Å²) in [7, 11) is 1.96. The maximum absolute atomic E-state index is 4.48. The highest BCUT2D eigenvalue weighted by molar-refractivity contribution is 5.33. The number of nitrogens with zero attached hydrogens (tertiary/aromatic N) is 2. The van der Waals surface area contributed by atoms with E-state index >= 15 is 0 Å². The van der Waals surface area contributed by atoms with Gasteiger partial charge in [0.25, 0.3) is 0 Å². The molecule has 0 aliphatic rings. The third-order valence-electron chi connectivity index (χ3n) is 3.43. The van der Waals surface area contributed by atoms with Crippen LogP contribution in [0.4, 0.5) is 0 Å². The van der Waals surface area contributed by atoms with Crippen LogP contribution in [0.15, 0.2) is 30.5 Å². The first kappa shape index (κ1) is 13.8. The summed E-state index contributed by atoms with van der Waals surface area (Å²) in [4.78, 5) is 0.